The molecule has 0 saturated heterocycles. The number of halogens is 2. The molecule has 0 bridgehead atoms. The molecule has 47 heavy (non-hydrogen) atoms. The van der Waals surface area contributed by atoms with Gasteiger partial charge < -0.3 is 24.8 Å². The van der Waals surface area contributed by atoms with Crippen LogP contribution < -0.4 is 24.8 Å². The molecule has 244 valence electrons. The van der Waals surface area contributed by atoms with Crippen molar-refractivity contribution in [2.75, 3.05) is 0 Å². The van der Waals surface area contributed by atoms with Crippen LogP contribution in [0.25, 0.3) is 22.3 Å². The van der Waals surface area contributed by atoms with Gasteiger partial charge in [-0.1, -0.05) is 0 Å². The van der Waals surface area contributed by atoms with Gasteiger partial charge in [-0.05, 0) is 0 Å². The molecule has 3 aromatic rings. The summed E-state index contributed by atoms with van der Waals surface area (Å²) in [6.07, 6.45) is 7.52. The smallest absolute Gasteiger partial charge is 1.00 e. The van der Waals surface area contributed by atoms with Crippen molar-refractivity contribution in [3.8, 4) is 11.1 Å². The molecule has 1 unspecified atom stereocenters. The molecule has 0 spiro atoms. The summed E-state index contributed by atoms with van der Waals surface area (Å²) in [5.41, 5.74) is 21.1. The molecule has 3 aromatic carbocycles. The summed E-state index contributed by atoms with van der Waals surface area (Å²) in [7, 11) is 0. The van der Waals surface area contributed by atoms with Crippen LogP contribution in [0.1, 0.15) is 131 Å². The van der Waals surface area contributed by atoms with E-state index in [9.17, 15) is 0 Å². The van der Waals surface area contributed by atoms with Crippen LogP contribution in [-0.2, 0) is 37.5 Å². The minimum absolute atomic E-state index is 0. The third-order valence-electron chi connectivity index (χ3n) is 11.4. The van der Waals surface area contributed by atoms with E-state index in [0.717, 1.165) is 0 Å². The molecule has 0 amide bonds. The third kappa shape index (κ3) is 5.75. The van der Waals surface area contributed by atoms with Gasteiger partial charge in [0, 0.05) is 0 Å². The minimum atomic E-state index is -2.59. The first-order valence-electron chi connectivity index (χ1n) is 17.0. The van der Waals surface area contributed by atoms with E-state index in [0.29, 0.717) is 9.54 Å². The first kappa shape index (κ1) is 36.2. The second-order valence-electron chi connectivity index (χ2n) is 16.6. The molecule has 3 heteroatoms. The molecule has 0 aliphatic heterocycles. The summed E-state index contributed by atoms with van der Waals surface area (Å²) in [5, 5.41) is 0. The molecule has 0 nitrogen and oxygen atoms in total. The van der Waals surface area contributed by atoms with Crippen LogP contribution in [-0.4, -0.2) is 3.71 Å². The molecule has 4 aliphatic rings. The van der Waals surface area contributed by atoms with E-state index in [1.807, 2.05) is 0 Å². The van der Waals surface area contributed by atoms with Crippen LogP contribution in [0.4, 0.5) is 0 Å². The second-order valence-corrected chi connectivity index (χ2v) is 22.3. The molecular weight excluding hydrogens is 691 g/mol. The van der Waals surface area contributed by atoms with Crippen molar-refractivity contribution in [2.24, 2.45) is 5.92 Å². The van der Waals surface area contributed by atoms with Gasteiger partial charge in [0.1, 0.15) is 0 Å². The molecule has 1 atom stereocenters. The monoisotopic (exact) mass is 738 g/mol. The van der Waals surface area contributed by atoms with Crippen LogP contribution in [0, 0.1) is 5.92 Å². The summed E-state index contributed by atoms with van der Waals surface area (Å²) in [4.78, 5) is 0. The van der Waals surface area contributed by atoms with Crippen LogP contribution in [0.15, 0.2) is 81.2 Å². The van der Waals surface area contributed by atoms with Gasteiger partial charge in [-0.25, -0.2) is 0 Å². The molecule has 0 radical (unpaired) electrons. The van der Waals surface area contributed by atoms with Crippen molar-refractivity contribution < 1.29 is 46.1 Å². The van der Waals surface area contributed by atoms with E-state index >= 15 is 0 Å². The van der Waals surface area contributed by atoms with Gasteiger partial charge in [-0.3, -0.25) is 0 Å². The first-order valence-corrected chi connectivity index (χ1v) is 21.0. The van der Waals surface area contributed by atoms with Crippen molar-refractivity contribution in [1.82, 2.24) is 0 Å². The van der Waals surface area contributed by atoms with Crippen molar-refractivity contribution >= 4 is 14.9 Å². The van der Waals surface area contributed by atoms with Gasteiger partial charge in [0.05, 0.1) is 0 Å². The molecule has 0 fully saturated rings. The van der Waals surface area contributed by atoms with Gasteiger partial charge in [0.15, 0.2) is 0 Å². The zero-order chi connectivity index (χ0) is 32.4. The zero-order valence-corrected chi connectivity index (χ0v) is 34.3. The Kier molecular flexibility index (Phi) is 9.31. The number of hydrogen-bond acceptors (Lipinski definition) is 0. The van der Waals surface area contributed by atoms with Gasteiger partial charge in [0.25, 0.3) is 0 Å². The Balaban J connectivity index is 0.00000217. The molecule has 0 heterocycles. The largest absolute Gasteiger partial charge is 1.00 e. The van der Waals surface area contributed by atoms with Crippen LogP contribution in [0.2, 0.25) is 0 Å². The Morgan fingerprint density at radius 3 is 1.53 bits per heavy atom. The number of hydrogen-bond donors (Lipinski definition) is 0. The third-order valence-corrected chi connectivity index (χ3v) is 19.6. The van der Waals surface area contributed by atoms with Crippen molar-refractivity contribution in [2.45, 2.75) is 103 Å². The van der Waals surface area contributed by atoms with E-state index in [1.165, 1.54) is 61.2 Å². The number of allylic oxidation sites excluding steroid dienone is 8. The summed E-state index contributed by atoms with van der Waals surface area (Å²) >= 11 is -2.59. The molecule has 0 saturated carbocycles. The van der Waals surface area contributed by atoms with Gasteiger partial charge in [-0.2, -0.15) is 0 Å². The van der Waals surface area contributed by atoms with Crippen LogP contribution >= 0.6 is 0 Å². The Labute approximate surface area is 304 Å². The van der Waals surface area contributed by atoms with E-state index in [4.69, 9.17) is 0 Å². The maximum absolute atomic E-state index is 2.81. The normalized spacial score (nSPS) is 20.1. The van der Waals surface area contributed by atoms with Gasteiger partial charge >= 0.3 is 282 Å². The number of rotatable bonds is 3. The van der Waals surface area contributed by atoms with Crippen LogP contribution in [0.3, 0.4) is 0 Å². The molecule has 7 rings (SSSR count). The summed E-state index contributed by atoms with van der Waals surface area (Å²) < 4.78 is 5.04. The number of benzene rings is 3. The maximum atomic E-state index is 2.81. The minimum Gasteiger partial charge on any atom is -1.00 e. The summed E-state index contributed by atoms with van der Waals surface area (Å²) in [6.45, 7) is 28.4. The average Bonchev–Trinajstić information content (AvgIpc) is 3.56. The van der Waals surface area contributed by atoms with Crippen molar-refractivity contribution in [3.05, 3.63) is 126 Å². The van der Waals surface area contributed by atoms with Crippen LogP contribution in [0.5, 0.6) is 0 Å². The molecule has 0 N–H and O–H groups in total. The molecular formula is C44H50Cl2Zr. The molecule has 4 aliphatic carbocycles. The Morgan fingerprint density at radius 1 is 0.660 bits per heavy atom. The predicted molar refractivity (Wildman–Crippen MR) is 193 cm³/mol. The fourth-order valence-electron chi connectivity index (χ4n) is 8.98. The first-order chi connectivity index (χ1) is 21.0. The quantitative estimate of drug-likeness (QED) is 0.319. The number of fused-ring (bicyclic) bond motifs is 5. The predicted octanol–water partition coefficient (Wildman–Crippen LogP) is 5.79. The van der Waals surface area contributed by atoms with E-state index < -0.39 is 21.3 Å². The standard InChI is InChI=1S/C25H25.C11H14.C8H11.2ClH.Zr/c1-14-12-24(3,4)22-8-16-7-17-9-23-19(15(2)13-25(23,5)6)11-21(17)20(16)10-18(14)22;1-9-5-7-10(8-6-9)11(2,3)4;1-6-4-7(2)8(3)5-6;;;/h7-13H,1-6H3;1,5-8H,2-4H3;4,6H,1-3H3;2*1H;/q;;;;;+2/p-2. The maximum Gasteiger partial charge on any atom is -1.00 e. The topological polar surface area (TPSA) is 0 Å². The fraction of sp³-hybridized carbons (Fsp3) is 0.386. The SMILES string of the molecule is CC1=CC(C)[C](/[Zr+2](=[CH]\c2ccc(C(C)(C)C)cc2)[CH]2c3cc4c(cc3-c3cc5c(cc32)C(C)(C)C=C5C)C(C)=CC4(C)C)=C1C.[Cl-].[Cl-]. The summed E-state index contributed by atoms with van der Waals surface area (Å²) in [6, 6.07) is 20.0. The van der Waals surface area contributed by atoms with Crippen molar-refractivity contribution in [3.63, 3.8) is 0 Å². The zero-order valence-electron chi connectivity index (χ0n) is 30.3. The fourth-order valence-corrected chi connectivity index (χ4v) is 17.8. The second kappa shape index (κ2) is 12.1. The van der Waals surface area contributed by atoms with E-state index in [1.54, 1.807) is 20.0 Å². The van der Waals surface area contributed by atoms with E-state index in [-0.39, 0.29) is 41.1 Å². The molecule has 0 aromatic heterocycles. The van der Waals surface area contributed by atoms with Gasteiger partial charge in [0.2, 0.25) is 0 Å². The Hall–Kier alpha value is -2.05. The van der Waals surface area contributed by atoms with Crippen molar-refractivity contribution in [1.29, 1.82) is 0 Å². The Morgan fingerprint density at radius 2 is 1.13 bits per heavy atom. The van der Waals surface area contributed by atoms with E-state index in [2.05, 4.69) is 154 Å². The Bertz CT molecular complexity index is 1880. The summed E-state index contributed by atoms with van der Waals surface area (Å²) in [5.74, 6) is 0.501. The average molecular weight is 741 g/mol. The van der Waals surface area contributed by atoms with Gasteiger partial charge in [-0.15, -0.1) is 0 Å².